The number of nitrogens with two attached hydrogens (primary N) is 1. The topological polar surface area (TPSA) is 190 Å². The number of aliphatic hydroxyl groups excluding tert-OH is 1. The number of rotatable bonds is 5. The maximum Gasteiger partial charge on any atom is 0.480 e. The van der Waals surface area contributed by atoms with E-state index in [2.05, 4.69) is 9.29 Å². The summed E-state index contributed by atoms with van der Waals surface area (Å²) in [5.41, 5.74) is 4.74. The highest BCUT2D eigenvalue weighted by molar-refractivity contribution is 8.00. The fourth-order valence-corrected chi connectivity index (χ4v) is 5.82. The first-order chi connectivity index (χ1) is 11.1. The fourth-order valence-electron chi connectivity index (χ4n) is 2.47. The molecule has 1 fully saturated rings. The molecule has 0 saturated carbocycles. The largest absolute Gasteiger partial charge is 0.480 e. The maximum absolute atomic E-state index is 11.9. The summed E-state index contributed by atoms with van der Waals surface area (Å²) in [7, 11) is -9.73. The van der Waals surface area contributed by atoms with Gasteiger partial charge in [0.05, 0.1) is 11.9 Å². The highest BCUT2D eigenvalue weighted by atomic mass is 32.2. The Kier molecular flexibility index (Phi) is 4.77. The maximum atomic E-state index is 11.9. The zero-order valence-corrected chi connectivity index (χ0v) is 14.4. The Hall–Kier alpha value is -0.590. The van der Waals surface area contributed by atoms with Gasteiger partial charge in [-0.15, -0.1) is 0 Å². The molecule has 24 heavy (non-hydrogen) atoms. The Morgan fingerprint density at radius 2 is 2.21 bits per heavy atom. The Balaban J connectivity index is 1.85. The minimum Gasteiger partial charge on any atom is -0.394 e. The van der Waals surface area contributed by atoms with Crippen molar-refractivity contribution in [3.05, 3.63) is 17.8 Å². The minimum atomic E-state index is -4.98. The van der Waals surface area contributed by atoms with E-state index in [4.69, 9.17) is 25.1 Å². The van der Waals surface area contributed by atoms with Gasteiger partial charge >= 0.3 is 15.6 Å². The average molecular weight is 400 g/mol. The number of hydrogen-bond donors (Lipinski definition) is 5. The molecule has 3 heterocycles. The van der Waals surface area contributed by atoms with Crippen LogP contribution in [0.3, 0.4) is 0 Å². The van der Waals surface area contributed by atoms with E-state index in [0.29, 0.717) is 5.16 Å². The van der Waals surface area contributed by atoms with Gasteiger partial charge in [0.15, 0.2) is 11.4 Å². The smallest absolute Gasteiger partial charge is 0.394 e. The van der Waals surface area contributed by atoms with Crippen LogP contribution in [0.25, 0.3) is 0 Å². The summed E-state index contributed by atoms with van der Waals surface area (Å²) < 4.78 is 39.0. The predicted molar refractivity (Wildman–Crippen MR) is 78.5 cm³/mol. The van der Waals surface area contributed by atoms with E-state index < -0.39 is 45.9 Å². The van der Waals surface area contributed by atoms with Gasteiger partial charge in [-0.1, -0.05) is 11.8 Å². The van der Waals surface area contributed by atoms with Crippen LogP contribution >= 0.6 is 27.3 Å². The number of phosphoric acid groups is 1. The monoisotopic (exact) mass is 400 g/mol. The first-order valence-electron chi connectivity index (χ1n) is 6.50. The zero-order chi connectivity index (χ0) is 17.7. The second-order valence-corrected chi connectivity index (χ2v) is 9.09. The van der Waals surface area contributed by atoms with Crippen molar-refractivity contribution in [2.24, 2.45) is 5.50 Å². The summed E-state index contributed by atoms with van der Waals surface area (Å²) in [5.74, 6) is 0. The lowest BCUT2D eigenvalue weighted by molar-refractivity contribution is -0.0457. The first-order valence-corrected chi connectivity index (χ1v) is 10.5. The number of phosphoric ester groups is 1. The molecule has 0 radical (unpaired) electrons. The lowest BCUT2D eigenvalue weighted by Crippen LogP contribution is -2.33. The molecule has 0 aliphatic carbocycles. The van der Waals surface area contributed by atoms with Gasteiger partial charge in [0, 0.05) is 6.20 Å². The van der Waals surface area contributed by atoms with Gasteiger partial charge in [0.25, 0.3) is 0 Å². The van der Waals surface area contributed by atoms with Crippen LogP contribution in [0.15, 0.2) is 17.4 Å². The SMILES string of the molecule is N=c1ccn2c(n1)S[C@H]1[C@H](OP(=O)(O)OP(N)(=O)O)[C@@H](CO)O[C@H]12. The number of nitrogens with one attached hydrogen (secondary N) is 1. The molecule has 1 aromatic heterocycles. The number of thioether (sulfide) groups is 1. The average Bonchev–Trinajstić information content (AvgIpc) is 2.92. The van der Waals surface area contributed by atoms with Crippen LogP contribution in [-0.2, 0) is 22.7 Å². The lowest BCUT2D eigenvalue weighted by Gasteiger charge is -2.22. The molecule has 0 bridgehead atoms. The molecule has 15 heteroatoms. The normalized spacial score (nSPS) is 33.5. The van der Waals surface area contributed by atoms with Crippen molar-refractivity contribution in [3.8, 4) is 0 Å². The molecule has 12 nitrogen and oxygen atoms in total. The highest BCUT2D eigenvalue weighted by Crippen LogP contribution is 2.59. The minimum absolute atomic E-state index is 0.0328. The molecule has 0 amide bonds. The Morgan fingerprint density at radius 1 is 1.50 bits per heavy atom. The molecule has 2 unspecified atom stereocenters. The number of nitrogens with zero attached hydrogens (tertiary/aromatic N) is 2. The Labute approximate surface area is 139 Å². The summed E-state index contributed by atoms with van der Waals surface area (Å²) >= 11 is 1.13. The van der Waals surface area contributed by atoms with E-state index >= 15 is 0 Å². The molecule has 0 spiro atoms. The third-order valence-electron chi connectivity index (χ3n) is 3.29. The van der Waals surface area contributed by atoms with Gasteiger partial charge in [0.1, 0.15) is 17.7 Å². The van der Waals surface area contributed by atoms with E-state index in [1.54, 1.807) is 10.8 Å². The van der Waals surface area contributed by atoms with Crippen molar-refractivity contribution in [2.75, 3.05) is 6.61 Å². The van der Waals surface area contributed by atoms with Crippen molar-refractivity contribution in [2.45, 2.75) is 28.8 Å². The van der Waals surface area contributed by atoms with Gasteiger partial charge in [-0.3, -0.25) is 14.5 Å². The van der Waals surface area contributed by atoms with Crippen LogP contribution in [0, 0.1) is 5.41 Å². The molecule has 6 atom stereocenters. The second-order valence-electron chi connectivity index (χ2n) is 5.02. The van der Waals surface area contributed by atoms with Crippen LogP contribution in [-0.4, -0.2) is 48.5 Å². The van der Waals surface area contributed by atoms with Crippen LogP contribution in [0.5, 0.6) is 0 Å². The number of aliphatic hydroxyl groups is 1. The first kappa shape index (κ1) is 18.2. The molecule has 2 aliphatic heterocycles. The summed E-state index contributed by atoms with van der Waals surface area (Å²) in [4.78, 5) is 22.5. The number of ether oxygens (including phenoxy) is 1. The summed E-state index contributed by atoms with van der Waals surface area (Å²) in [6, 6.07) is 1.44. The Bertz CT molecular complexity index is 798. The molecular weight excluding hydrogens is 386 g/mol. The summed E-state index contributed by atoms with van der Waals surface area (Å²) in [5, 5.41) is 16.8. The quantitative estimate of drug-likeness (QED) is 0.310. The predicted octanol–water partition coefficient (Wildman–Crippen LogP) is -0.712. The van der Waals surface area contributed by atoms with E-state index in [1.165, 1.54) is 6.07 Å². The van der Waals surface area contributed by atoms with Crippen molar-refractivity contribution < 1.29 is 37.6 Å². The van der Waals surface area contributed by atoms with Crippen molar-refractivity contribution >= 4 is 27.3 Å². The molecule has 1 saturated heterocycles. The fraction of sp³-hybridized carbons (Fsp3) is 0.556. The van der Waals surface area contributed by atoms with Crippen LogP contribution in [0.2, 0.25) is 0 Å². The van der Waals surface area contributed by atoms with Crippen LogP contribution < -0.4 is 11.0 Å². The molecule has 1 aromatic rings. The van der Waals surface area contributed by atoms with Crippen molar-refractivity contribution in [3.63, 3.8) is 0 Å². The van der Waals surface area contributed by atoms with Gasteiger partial charge in [-0.05, 0) is 6.07 Å². The van der Waals surface area contributed by atoms with E-state index in [-0.39, 0.29) is 5.49 Å². The number of fused-ring (bicyclic) bond motifs is 3. The van der Waals surface area contributed by atoms with Gasteiger partial charge in [-0.25, -0.2) is 19.6 Å². The molecule has 3 rings (SSSR count). The van der Waals surface area contributed by atoms with E-state index in [0.717, 1.165) is 11.8 Å². The zero-order valence-electron chi connectivity index (χ0n) is 11.8. The van der Waals surface area contributed by atoms with E-state index in [1.807, 2.05) is 0 Å². The third-order valence-corrected chi connectivity index (χ3v) is 6.84. The standard InChI is InChI=1S/C9H14N4O8P2S/c10-5-1-2-13-8-7(24-9(13)12-5)6(4(3-14)19-8)20-23(17,18)21-22(11,15)16/h1-2,4,6-8,10,14H,3H2,(H,17,18)(H3,11,15,16)/t4-,6-,7+,8-/m1/s1. The third kappa shape index (κ3) is 3.65. The highest BCUT2D eigenvalue weighted by Gasteiger charge is 2.53. The van der Waals surface area contributed by atoms with Crippen LogP contribution in [0.1, 0.15) is 6.23 Å². The Morgan fingerprint density at radius 3 is 2.83 bits per heavy atom. The molecule has 0 aromatic carbocycles. The van der Waals surface area contributed by atoms with Crippen molar-refractivity contribution in [1.29, 1.82) is 5.41 Å². The second kappa shape index (κ2) is 6.29. The number of hydrogen-bond acceptors (Lipinski definition) is 9. The molecule has 2 aliphatic rings. The van der Waals surface area contributed by atoms with Crippen molar-refractivity contribution in [1.82, 2.24) is 9.55 Å². The molecule has 6 N–H and O–H groups in total. The lowest BCUT2D eigenvalue weighted by atomic mass is 10.2. The van der Waals surface area contributed by atoms with Gasteiger partial charge in [-0.2, -0.15) is 4.31 Å². The molecule has 134 valence electrons. The van der Waals surface area contributed by atoms with Crippen LogP contribution in [0.4, 0.5) is 0 Å². The molecular formula is C9H14N4O8P2S. The number of aromatic nitrogens is 2. The van der Waals surface area contributed by atoms with Gasteiger partial charge in [0.2, 0.25) is 0 Å². The summed E-state index contributed by atoms with van der Waals surface area (Å²) in [6.45, 7) is -0.516. The summed E-state index contributed by atoms with van der Waals surface area (Å²) in [6.07, 6.45) is -1.19. The van der Waals surface area contributed by atoms with Gasteiger partial charge < -0.3 is 19.6 Å². The van der Waals surface area contributed by atoms with E-state index in [9.17, 15) is 19.1 Å².